The predicted octanol–water partition coefficient (Wildman–Crippen LogP) is 3.04. The summed E-state index contributed by atoms with van der Waals surface area (Å²) in [5.74, 6) is 1.54. The van der Waals surface area contributed by atoms with Crippen LogP contribution in [-0.2, 0) is 9.47 Å². The van der Waals surface area contributed by atoms with E-state index in [9.17, 15) is 0 Å². The largest absolute Gasteiger partial charge is 0.347 e. The van der Waals surface area contributed by atoms with Crippen LogP contribution in [0.5, 0.6) is 0 Å². The van der Waals surface area contributed by atoms with Crippen LogP contribution in [0.15, 0.2) is 24.3 Å². The second kappa shape index (κ2) is 3.33. The van der Waals surface area contributed by atoms with Crippen molar-refractivity contribution in [2.24, 2.45) is 5.92 Å². The van der Waals surface area contributed by atoms with Crippen molar-refractivity contribution in [3.8, 4) is 0 Å². The summed E-state index contributed by atoms with van der Waals surface area (Å²) < 4.78 is 12.0. The molecule has 1 saturated heterocycles. The number of hydrogen-bond acceptors (Lipinski definition) is 2. The highest BCUT2D eigenvalue weighted by atomic mass is 16.7. The molecule has 1 aliphatic heterocycles. The Labute approximate surface area is 102 Å². The molecular weight excluding hydrogens is 212 g/mol. The zero-order valence-corrected chi connectivity index (χ0v) is 10.2. The van der Waals surface area contributed by atoms with E-state index in [2.05, 4.69) is 31.2 Å². The summed E-state index contributed by atoms with van der Waals surface area (Å²) in [4.78, 5) is 0. The average Bonchev–Trinajstić information content (AvgIpc) is 2.81. The third-order valence-electron chi connectivity index (χ3n) is 4.88. The minimum atomic E-state index is -0.286. The molecule has 1 aromatic carbocycles. The second-order valence-electron chi connectivity index (χ2n) is 5.71. The summed E-state index contributed by atoms with van der Waals surface area (Å²) >= 11 is 0. The van der Waals surface area contributed by atoms with Gasteiger partial charge in [-0.25, -0.2) is 0 Å². The highest BCUT2D eigenvalue weighted by Crippen LogP contribution is 2.59. The molecule has 2 bridgehead atoms. The molecule has 90 valence electrons. The molecule has 2 unspecified atom stereocenters. The summed E-state index contributed by atoms with van der Waals surface area (Å²) in [6.45, 7) is 3.90. The molecule has 1 saturated carbocycles. The van der Waals surface area contributed by atoms with E-state index in [0.29, 0.717) is 11.8 Å². The van der Waals surface area contributed by atoms with Gasteiger partial charge in [0, 0.05) is 12.3 Å². The van der Waals surface area contributed by atoms with Crippen molar-refractivity contribution >= 4 is 0 Å². The predicted molar refractivity (Wildman–Crippen MR) is 65.0 cm³/mol. The van der Waals surface area contributed by atoms with E-state index in [0.717, 1.165) is 25.6 Å². The highest BCUT2D eigenvalue weighted by Gasteiger charge is 2.55. The van der Waals surface area contributed by atoms with E-state index in [-0.39, 0.29) is 5.79 Å². The summed E-state index contributed by atoms with van der Waals surface area (Å²) in [5, 5.41) is 0. The first-order valence-electron chi connectivity index (χ1n) is 6.67. The molecule has 3 aliphatic carbocycles. The van der Waals surface area contributed by atoms with Crippen molar-refractivity contribution in [3.05, 3.63) is 35.4 Å². The fraction of sp³-hybridized carbons (Fsp3) is 0.600. The molecule has 1 spiro atoms. The van der Waals surface area contributed by atoms with E-state index < -0.39 is 0 Å². The molecule has 17 heavy (non-hydrogen) atoms. The summed E-state index contributed by atoms with van der Waals surface area (Å²) in [6.07, 6.45) is 2.26. The van der Waals surface area contributed by atoms with Gasteiger partial charge < -0.3 is 9.47 Å². The van der Waals surface area contributed by atoms with E-state index in [1.54, 1.807) is 5.56 Å². The molecule has 0 N–H and O–H groups in total. The smallest absolute Gasteiger partial charge is 0.175 e. The van der Waals surface area contributed by atoms with Gasteiger partial charge in [-0.1, -0.05) is 31.2 Å². The van der Waals surface area contributed by atoms with Gasteiger partial charge in [0.25, 0.3) is 0 Å². The lowest BCUT2D eigenvalue weighted by molar-refractivity contribution is -0.206. The lowest BCUT2D eigenvalue weighted by Gasteiger charge is -2.51. The molecule has 2 heteroatoms. The van der Waals surface area contributed by atoms with Gasteiger partial charge in [0.2, 0.25) is 0 Å². The quantitative estimate of drug-likeness (QED) is 0.682. The first kappa shape index (κ1) is 10.1. The molecule has 0 amide bonds. The second-order valence-corrected chi connectivity index (χ2v) is 5.71. The lowest BCUT2D eigenvalue weighted by atomic mass is 9.59. The number of rotatable bonds is 0. The van der Waals surface area contributed by atoms with Gasteiger partial charge in [0.05, 0.1) is 13.2 Å². The Bertz CT molecular complexity index is 448. The van der Waals surface area contributed by atoms with Crippen LogP contribution in [0.4, 0.5) is 0 Å². The number of benzene rings is 1. The molecule has 0 radical (unpaired) electrons. The SMILES string of the molecule is C[C@H]1CC2c3ccccc3C1CC21OCCO1. The Balaban J connectivity index is 1.87. The van der Waals surface area contributed by atoms with Gasteiger partial charge in [-0.3, -0.25) is 0 Å². The summed E-state index contributed by atoms with van der Waals surface area (Å²) in [7, 11) is 0. The number of ether oxygens (including phenoxy) is 2. The number of hydrogen-bond donors (Lipinski definition) is 0. The van der Waals surface area contributed by atoms with E-state index >= 15 is 0 Å². The van der Waals surface area contributed by atoms with Crippen LogP contribution in [0.1, 0.15) is 42.7 Å². The van der Waals surface area contributed by atoms with Gasteiger partial charge in [-0.15, -0.1) is 0 Å². The number of fused-ring (bicyclic) bond motifs is 1. The fourth-order valence-corrected chi connectivity index (χ4v) is 4.10. The Hall–Kier alpha value is -0.860. The normalized spacial score (nSPS) is 37.4. The molecule has 2 nitrogen and oxygen atoms in total. The van der Waals surface area contributed by atoms with Gasteiger partial charge in [0.15, 0.2) is 5.79 Å². The average molecular weight is 230 g/mol. The van der Waals surface area contributed by atoms with Crippen LogP contribution in [-0.4, -0.2) is 19.0 Å². The minimum Gasteiger partial charge on any atom is -0.347 e. The van der Waals surface area contributed by atoms with E-state index in [1.807, 2.05) is 0 Å². The van der Waals surface area contributed by atoms with Crippen molar-refractivity contribution in [1.29, 1.82) is 0 Å². The fourth-order valence-electron chi connectivity index (χ4n) is 4.10. The maximum Gasteiger partial charge on any atom is 0.175 e. The molecule has 1 aromatic rings. The Morgan fingerprint density at radius 1 is 1.12 bits per heavy atom. The van der Waals surface area contributed by atoms with Gasteiger partial charge in [-0.05, 0) is 29.4 Å². The zero-order valence-electron chi connectivity index (χ0n) is 10.2. The van der Waals surface area contributed by atoms with Crippen molar-refractivity contribution in [2.75, 3.05) is 13.2 Å². The summed E-state index contributed by atoms with van der Waals surface area (Å²) in [5.41, 5.74) is 3.02. The molecule has 2 fully saturated rings. The van der Waals surface area contributed by atoms with Gasteiger partial charge in [0.1, 0.15) is 0 Å². The Morgan fingerprint density at radius 3 is 2.59 bits per heavy atom. The molecular formula is C15H18O2. The first-order valence-corrected chi connectivity index (χ1v) is 6.67. The molecule has 4 aliphatic rings. The summed E-state index contributed by atoms with van der Waals surface area (Å²) in [6, 6.07) is 8.87. The van der Waals surface area contributed by atoms with Crippen molar-refractivity contribution < 1.29 is 9.47 Å². The van der Waals surface area contributed by atoms with E-state index in [4.69, 9.17) is 9.47 Å². The Kier molecular flexibility index (Phi) is 1.98. The molecule has 0 aromatic heterocycles. The molecule has 5 rings (SSSR count). The van der Waals surface area contributed by atoms with Crippen molar-refractivity contribution in [3.63, 3.8) is 0 Å². The first-order chi connectivity index (χ1) is 8.30. The van der Waals surface area contributed by atoms with Crippen LogP contribution in [0.3, 0.4) is 0 Å². The van der Waals surface area contributed by atoms with Crippen LogP contribution >= 0.6 is 0 Å². The van der Waals surface area contributed by atoms with Crippen molar-refractivity contribution in [2.45, 2.75) is 37.4 Å². The van der Waals surface area contributed by atoms with Crippen LogP contribution in [0, 0.1) is 5.92 Å². The van der Waals surface area contributed by atoms with Crippen LogP contribution in [0.25, 0.3) is 0 Å². The third-order valence-corrected chi connectivity index (χ3v) is 4.88. The highest BCUT2D eigenvalue weighted by molar-refractivity contribution is 5.41. The topological polar surface area (TPSA) is 18.5 Å². The molecule has 3 atom stereocenters. The van der Waals surface area contributed by atoms with Crippen LogP contribution in [0.2, 0.25) is 0 Å². The maximum absolute atomic E-state index is 6.00. The third kappa shape index (κ3) is 1.23. The monoisotopic (exact) mass is 230 g/mol. The van der Waals surface area contributed by atoms with Crippen molar-refractivity contribution in [1.82, 2.24) is 0 Å². The lowest BCUT2D eigenvalue weighted by Crippen LogP contribution is -2.49. The van der Waals surface area contributed by atoms with Crippen LogP contribution < -0.4 is 0 Å². The minimum absolute atomic E-state index is 0.286. The standard InChI is InChI=1S/C15H18O2/c1-10-8-14-12-5-3-2-4-11(12)13(10)9-15(14)16-6-7-17-15/h2-5,10,13-14H,6-9H2,1H3/t10-,13?,14?/m0/s1. The van der Waals surface area contributed by atoms with E-state index in [1.165, 1.54) is 12.0 Å². The Morgan fingerprint density at radius 2 is 1.82 bits per heavy atom. The van der Waals surface area contributed by atoms with Gasteiger partial charge >= 0.3 is 0 Å². The molecule has 1 heterocycles. The zero-order chi connectivity index (χ0) is 11.5. The maximum atomic E-state index is 6.00. The van der Waals surface area contributed by atoms with Gasteiger partial charge in [-0.2, -0.15) is 0 Å².